The molecule has 2 heterocycles. The average molecular weight is 374 g/mol. The monoisotopic (exact) mass is 374 g/mol. The number of likely N-dealkylation sites (N-methyl/N-ethyl adjacent to an activating group) is 1. The van der Waals surface area contributed by atoms with Crippen LogP contribution in [-0.4, -0.2) is 47.4 Å². The van der Waals surface area contributed by atoms with Crippen molar-refractivity contribution in [2.75, 3.05) is 13.6 Å². The van der Waals surface area contributed by atoms with Crippen molar-refractivity contribution in [3.05, 3.63) is 66.2 Å². The second kappa shape index (κ2) is 7.40. The van der Waals surface area contributed by atoms with E-state index in [1.54, 1.807) is 11.9 Å². The zero-order chi connectivity index (χ0) is 19.7. The van der Waals surface area contributed by atoms with Gasteiger partial charge < -0.3 is 16.0 Å². The molecule has 1 aliphatic heterocycles. The van der Waals surface area contributed by atoms with E-state index in [9.17, 15) is 9.59 Å². The molecule has 1 saturated heterocycles. The number of hydrogen-bond donors (Lipinski definition) is 2. The van der Waals surface area contributed by atoms with E-state index in [0.717, 1.165) is 22.2 Å². The van der Waals surface area contributed by atoms with E-state index in [0.29, 0.717) is 18.5 Å². The smallest absolute Gasteiger partial charge is 0.255 e. The quantitative estimate of drug-likeness (QED) is 0.736. The van der Waals surface area contributed by atoms with Crippen molar-refractivity contribution in [2.45, 2.75) is 18.5 Å². The second-order valence-corrected chi connectivity index (χ2v) is 7.02. The minimum absolute atomic E-state index is 0.192. The zero-order valence-corrected chi connectivity index (χ0v) is 15.6. The lowest BCUT2D eigenvalue weighted by Crippen LogP contribution is -2.45. The number of aromatic nitrogens is 1. The minimum atomic E-state index is -0.556. The Balaban J connectivity index is 1.83. The van der Waals surface area contributed by atoms with E-state index in [4.69, 9.17) is 10.7 Å². The molecular formula is C22H22N4O2. The Hall–Kier alpha value is -3.25. The van der Waals surface area contributed by atoms with E-state index in [1.807, 2.05) is 60.7 Å². The van der Waals surface area contributed by atoms with Crippen molar-refractivity contribution in [3.8, 4) is 11.3 Å². The summed E-state index contributed by atoms with van der Waals surface area (Å²) in [5, 5.41) is 3.40. The molecule has 2 amide bonds. The molecule has 6 nitrogen and oxygen atoms in total. The fourth-order valence-electron chi connectivity index (χ4n) is 3.77. The van der Waals surface area contributed by atoms with Crippen molar-refractivity contribution in [2.24, 2.45) is 5.73 Å². The molecule has 1 aliphatic rings. The first-order chi connectivity index (χ1) is 13.6. The van der Waals surface area contributed by atoms with Gasteiger partial charge in [0.05, 0.1) is 16.8 Å². The van der Waals surface area contributed by atoms with Crippen LogP contribution in [0.3, 0.4) is 0 Å². The summed E-state index contributed by atoms with van der Waals surface area (Å²) in [5.74, 6) is -0.389. The first-order valence-corrected chi connectivity index (χ1v) is 9.32. The summed E-state index contributed by atoms with van der Waals surface area (Å²) in [5.41, 5.74) is 9.01. The lowest BCUT2D eigenvalue weighted by atomic mass is 10.0. The van der Waals surface area contributed by atoms with Crippen molar-refractivity contribution < 1.29 is 9.59 Å². The number of benzene rings is 2. The molecule has 0 saturated carbocycles. The summed E-state index contributed by atoms with van der Waals surface area (Å²) in [4.78, 5) is 32.1. The molecule has 1 aromatic heterocycles. The number of hydrogen-bond acceptors (Lipinski definition) is 4. The number of rotatable bonds is 3. The number of nitrogens with zero attached hydrogens (tertiary/aromatic N) is 2. The Morgan fingerprint density at radius 2 is 1.82 bits per heavy atom. The van der Waals surface area contributed by atoms with Crippen LogP contribution >= 0.6 is 0 Å². The topological polar surface area (TPSA) is 88.3 Å². The van der Waals surface area contributed by atoms with Gasteiger partial charge in [0, 0.05) is 30.6 Å². The highest BCUT2D eigenvalue weighted by molar-refractivity contribution is 6.08. The first-order valence-electron chi connectivity index (χ1n) is 9.32. The molecule has 28 heavy (non-hydrogen) atoms. The molecule has 6 heteroatoms. The van der Waals surface area contributed by atoms with Crippen molar-refractivity contribution in [1.29, 1.82) is 0 Å². The lowest BCUT2D eigenvalue weighted by Gasteiger charge is -2.24. The minimum Gasteiger partial charge on any atom is -0.357 e. The van der Waals surface area contributed by atoms with Crippen LogP contribution in [0.1, 0.15) is 16.8 Å². The van der Waals surface area contributed by atoms with Gasteiger partial charge >= 0.3 is 0 Å². The highest BCUT2D eigenvalue weighted by atomic mass is 16.2. The van der Waals surface area contributed by atoms with Gasteiger partial charge in [-0.15, -0.1) is 0 Å². The van der Waals surface area contributed by atoms with Crippen LogP contribution in [0.4, 0.5) is 0 Å². The molecule has 2 atom stereocenters. The van der Waals surface area contributed by atoms with Gasteiger partial charge in [-0.1, -0.05) is 48.5 Å². The van der Waals surface area contributed by atoms with Gasteiger partial charge in [-0.2, -0.15) is 0 Å². The van der Waals surface area contributed by atoms with E-state index in [-0.39, 0.29) is 17.9 Å². The van der Waals surface area contributed by atoms with E-state index in [2.05, 4.69) is 5.32 Å². The molecule has 4 rings (SSSR count). The predicted octanol–water partition coefficient (Wildman–Crippen LogP) is 2.19. The number of nitrogens with one attached hydrogen (secondary N) is 1. The number of amides is 2. The van der Waals surface area contributed by atoms with Crippen LogP contribution in [0.2, 0.25) is 0 Å². The second-order valence-electron chi connectivity index (χ2n) is 7.02. The maximum Gasteiger partial charge on any atom is 0.255 e. The number of para-hydroxylation sites is 1. The van der Waals surface area contributed by atoms with Crippen LogP contribution in [0.25, 0.3) is 22.2 Å². The molecule has 0 bridgehead atoms. The number of pyridine rings is 1. The Kier molecular flexibility index (Phi) is 4.79. The summed E-state index contributed by atoms with van der Waals surface area (Å²) in [7, 11) is 1.57. The van der Waals surface area contributed by atoms with Crippen LogP contribution in [0, 0.1) is 0 Å². The van der Waals surface area contributed by atoms with E-state index in [1.165, 1.54) is 0 Å². The number of likely N-dealkylation sites (tertiary alicyclic amines) is 1. The first kappa shape index (κ1) is 18.1. The molecular weight excluding hydrogens is 352 g/mol. The molecule has 142 valence electrons. The number of nitrogens with two attached hydrogens (primary N) is 1. The number of carbonyl (C=O) groups excluding carboxylic acids is 2. The third-order valence-corrected chi connectivity index (χ3v) is 5.16. The Morgan fingerprint density at radius 1 is 1.11 bits per heavy atom. The summed E-state index contributed by atoms with van der Waals surface area (Å²) in [6.45, 7) is 0.355. The van der Waals surface area contributed by atoms with E-state index < -0.39 is 6.04 Å². The number of fused-ring (bicyclic) bond motifs is 1. The standard InChI is InChI=1S/C22H22N4O2/c1-24-21(27)20-11-15(23)13-26(20)22(28)17-12-19(14-7-3-2-4-8-14)25-18-10-6-5-9-16(17)18/h2-10,12,15,20H,11,13,23H2,1H3,(H,24,27)/t15-,20-/m0/s1. The van der Waals surface area contributed by atoms with Gasteiger partial charge in [-0.3, -0.25) is 9.59 Å². The number of carbonyl (C=O) groups is 2. The van der Waals surface area contributed by atoms with Crippen LogP contribution in [0.15, 0.2) is 60.7 Å². The molecule has 0 radical (unpaired) electrons. The fraction of sp³-hybridized carbons (Fsp3) is 0.227. The van der Waals surface area contributed by atoms with Crippen molar-refractivity contribution in [3.63, 3.8) is 0 Å². The van der Waals surface area contributed by atoms with Gasteiger partial charge in [0.25, 0.3) is 5.91 Å². The van der Waals surface area contributed by atoms with Gasteiger partial charge in [0.1, 0.15) is 6.04 Å². The summed E-state index contributed by atoms with van der Waals surface area (Å²) < 4.78 is 0. The lowest BCUT2D eigenvalue weighted by molar-refractivity contribution is -0.124. The summed E-state index contributed by atoms with van der Waals surface area (Å²) in [6, 6.07) is 18.3. The molecule has 2 aromatic carbocycles. The molecule has 1 fully saturated rings. The largest absolute Gasteiger partial charge is 0.357 e. The fourth-order valence-corrected chi connectivity index (χ4v) is 3.77. The average Bonchev–Trinajstić information content (AvgIpc) is 3.14. The maximum absolute atomic E-state index is 13.5. The Morgan fingerprint density at radius 3 is 2.57 bits per heavy atom. The molecule has 0 unspecified atom stereocenters. The summed E-state index contributed by atoms with van der Waals surface area (Å²) >= 11 is 0. The molecule has 0 aliphatic carbocycles. The predicted molar refractivity (Wildman–Crippen MR) is 109 cm³/mol. The molecule has 3 aromatic rings. The van der Waals surface area contributed by atoms with Crippen LogP contribution < -0.4 is 11.1 Å². The van der Waals surface area contributed by atoms with Crippen molar-refractivity contribution >= 4 is 22.7 Å². The SMILES string of the molecule is CNC(=O)[C@@H]1C[C@H](N)CN1C(=O)c1cc(-c2ccccc2)nc2ccccc12. The normalized spacial score (nSPS) is 19.0. The maximum atomic E-state index is 13.5. The van der Waals surface area contributed by atoms with Gasteiger partial charge in [0.15, 0.2) is 0 Å². The Bertz CT molecular complexity index is 1040. The molecule has 0 spiro atoms. The Labute approximate surface area is 163 Å². The van der Waals surface area contributed by atoms with Crippen LogP contribution in [-0.2, 0) is 4.79 Å². The summed E-state index contributed by atoms with van der Waals surface area (Å²) in [6.07, 6.45) is 0.458. The highest BCUT2D eigenvalue weighted by Crippen LogP contribution is 2.28. The van der Waals surface area contributed by atoms with Gasteiger partial charge in [0.2, 0.25) is 5.91 Å². The van der Waals surface area contributed by atoms with Gasteiger partial charge in [-0.25, -0.2) is 4.98 Å². The third kappa shape index (κ3) is 3.23. The van der Waals surface area contributed by atoms with Gasteiger partial charge in [-0.05, 0) is 18.6 Å². The third-order valence-electron chi connectivity index (χ3n) is 5.16. The highest BCUT2D eigenvalue weighted by Gasteiger charge is 2.38. The van der Waals surface area contributed by atoms with Crippen molar-refractivity contribution in [1.82, 2.24) is 15.2 Å². The van der Waals surface area contributed by atoms with E-state index >= 15 is 0 Å². The zero-order valence-electron chi connectivity index (χ0n) is 15.6. The molecule has 3 N–H and O–H groups in total. The van der Waals surface area contributed by atoms with Crippen LogP contribution in [0.5, 0.6) is 0 Å².